The zero-order valence-electron chi connectivity index (χ0n) is 8.21. The van der Waals surface area contributed by atoms with Gasteiger partial charge in [0.15, 0.2) is 0 Å². The first-order valence-electron chi connectivity index (χ1n) is 4.71. The number of non-ortho nitro benzene ring substituents is 1. The van der Waals surface area contributed by atoms with Gasteiger partial charge < -0.3 is 9.84 Å². The van der Waals surface area contributed by atoms with Crippen LogP contribution in [0.25, 0.3) is 0 Å². The van der Waals surface area contributed by atoms with Crippen molar-refractivity contribution in [3.05, 3.63) is 33.9 Å². The molecule has 0 amide bonds. The van der Waals surface area contributed by atoms with Crippen LogP contribution in [0.3, 0.4) is 0 Å². The van der Waals surface area contributed by atoms with Gasteiger partial charge in [-0.15, -0.1) is 0 Å². The third-order valence-corrected chi connectivity index (χ3v) is 2.45. The van der Waals surface area contributed by atoms with Gasteiger partial charge in [0, 0.05) is 24.1 Å². The van der Waals surface area contributed by atoms with Gasteiger partial charge in [-0.2, -0.15) is 0 Å². The van der Waals surface area contributed by atoms with Gasteiger partial charge in [0.1, 0.15) is 5.75 Å². The van der Waals surface area contributed by atoms with Gasteiger partial charge in [-0.3, -0.25) is 10.1 Å². The van der Waals surface area contributed by atoms with Gasteiger partial charge in [0.2, 0.25) is 0 Å². The van der Waals surface area contributed by atoms with E-state index in [0.717, 1.165) is 0 Å². The molecule has 1 aromatic carbocycles. The minimum absolute atomic E-state index is 0.0223. The van der Waals surface area contributed by atoms with Crippen molar-refractivity contribution in [2.75, 3.05) is 0 Å². The lowest BCUT2D eigenvalue weighted by atomic mass is 9.99. The lowest BCUT2D eigenvalue weighted by molar-refractivity contribution is -0.385. The monoisotopic (exact) mass is 209 g/mol. The molecule has 0 bridgehead atoms. The zero-order chi connectivity index (χ0) is 11.0. The highest BCUT2D eigenvalue weighted by Crippen LogP contribution is 2.36. The molecule has 1 aromatic rings. The van der Waals surface area contributed by atoms with Gasteiger partial charge in [-0.1, -0.05) is 0 Å². The van der Waals surface area contributed by atoms with Crippen LogP contribution in [0.4, 0.5) is 5.69 Å². The summed E-state index contributed by atoms with van der Waals surface area (Å²) >= 11 is 0. The van der Waals surface area contributed by atoms with Crippen LogP contribution in [-0.2, 0) is 0 Å². The Balaban J connectivity index is 2.43. The third kappa shape index (κ3) is 1.78. The average molecular weight is 209 g/mol. The first-order chi connectivity index (χ1) is 7.08. The molecule has 15 heavy (non-hydrogen) atoms. The third-order valence-electron chi connectivity index (χ3n) is 2.45. The molecule has 1 N–H and O–H groups in total. The second-order valence-corrected chi connectivity index (χ2v) is 3.66. The highest BCUT2D eigenvalue weighted by Gasteiger charge is 2.25. The fraction of sp³-hybridized carbons (Fsp3) is 0.400. The Morgan fingerprint density at radius 3 is 3.00 bits per heavy atom. The standard InChI is InChI=1S/C10H11NO4/c1-6-4-9(12)8-5-7(11(13)14)2-3-10(8)15-6/h2-3,5-6,9,12H,4H2,1H3/t6-,9?/m1/s1. The summed E-state index contributed by atoms with van der Waals surface area (Å²) in [6, 6.07) is 4.28. The van der Waals surface area contributed by atoms with Crippen molar-refractivity contribution >= 4 is 5.69 Å². The van der Waals surface area contributed by atoms with Crippen molar-refractivity contribution in [2.24, 2.45) is 0 Å². The van der Waals surface area contributed by atoms with Crippen molar-refractivity contribution in [2.45, 2.75) is 25.6 Å². The van der Waals surface area contributed by atoms with Crippen molar-refractivity contribution in [3.63, 3.8) is 0 Å². The summed E-state index contributed by atoms with van der Waals surface area (Å²) in [5.41, 5.74) is 0.480. The number of ether oxygens (including phenoxy) is 1. The van der Waals surface area contributed by atoms with Crippen LogP contribution in [0, 0.1) is 10.1 Å². The number of nitro groups is 1. The predicted octanol–water partition coefficient (Wildman–Crippen LogP) is 1.80. The normalized spacial score (nSPS) is 24.1. The number of fused-ring (bicyclic) bond motifs is 1. The summed E-state index contributed by atoms with van der Waals surface area (Å²) in [6.07, 6.45) is -0.272. The van der Waals surface area contributed by atoms with Gasteiger partial charge in [-0.25, -0.2) is 0 Å². The Hall–Kier alpha value is -1.62. The quantitative estimate of drug-likeness (QED) is 0.565. The molecule has 0 spiro atoms. The number of nitro benzene ring substituents is 1. The summed E-state index contributed by atoms with van der Waals surface area (Å²) in [5.74, 6) is 0.534. The lowest BCUT2D eigenvalue weighted by Gasteiger charge is -2.26. The minimum atomic E-state index is -0.677. The Labute approximate surface area is 86.4 Å². The highest BCUT2D eigenvalue weighted by molar-refractivity contribution is 5.46. The van der Waals surface area contributed by atoms with Gasteiger partial charge >= 0.3 is 0 Å². The van der Waals surface area contributed by atoms with E-state index >= 15 is 0 Å². The number of aliphatic hydroxyl groups is 1. The molecular weight excluding hydrogens is 198 g/mol. The molecule has 1 unspecified atom stereocenters. The Morgan fingerprint density at radius 2 is 2.33 bits per heavy atom. The molecule has 1 aliphatic heterocycles. The van der Waals surface area contributed by atoms with Crippen LogP contribution >= 0.6 is 0 Å². The van der Waals surface area contributed by atoms with Crippen molar-refractivity contribution in [1.82, 2.24) is 0 Å². The highest BCUT2D eigenvalue weighted by atomic mass is 16.6. The molecule has 2 rings (SSSR count). The second-order valence-electron chi connectivity index (χ2n) is 3.66. The van der Waals surface area contributed by atoms with Gasteiger partial charge in [0.25, 0.3) is 5.69 Å². The molecule has 0 aromatic heterocycles. The Kier molecular flexibility index (Phi) is 2.32. The van der Waals surface area contributed by atoms with Gasteiger partial charge in [0.05, 0.1) is 17.1 Å². The Morgan fingerprint density at radius 1 is 1.60 bits per heavy atom. The number of benzene rings is 1. The molecule has 0 fully saturated rings. The molecule has 0 radical (unpaired) electrons. The molecule has 80 valence electrons. The Bertz CT molecular complexity index is 404. The molecule has 5 heteroatoms. The average Bonchev–Trinajstić information content (AvgIpc) is 2.16. The van der Waals surface area contributed by atoms with E-state index in [1.165, 1.54) is 18.2 Å². The number of nitrogens with zero attached hydrogens (tertiary/aromatic N) is 1. The van der Waals surface area contributed by atoms with Crippen molar-refractivity contribution in [1.29, 1.82) is 0 Å². The number of rotatable bonds is 1. The minimum Gasteiger partial charge on any atom is -0.490 e. The zero-order valence-corrected chi connectivity index (χ0v) is 8.21. The van der Waals surface area contributed by atoms with E-state index < -0.39 is 11.0 Å². The van der Waals surface area contributed by atoms with E-state index in [1.54, 1.807) is 0 Å². The summed E-state index contributed by atoms with van der Waals surface area (Å²) < 4.78 is 5.45. The van der Waals surface area contributed by atoms with Crippen LogP contribution in [0.15, 0.2) is 18.2 Å². The smallest absolute Gasteiger partial charge is 0.270 e. The molecule has 0 aliphatic carbocycles. The molecule has 1 heterocycles. The summed E-state index contributed by atoms with van der Waals surface area (Å²) in [5, 5.41) is 20.3. The maximum Gasteiger partial charge on any atom is 0.270 e. The number of hydrogen-bond acceptors (Lipinski definition) is 4. The summed E-state index contributed by atoms with van der Waals surface area (Å²) in [4.78, 5) is 10.1. The lowest BCUT2D eigenvalue weighted by Crippen LogP contribution is -2.22. The molecule has 0 saturated heterocycles. The van der Waals surface area contributed by atoms with Crippen LogP contribution in [0.1, 0.15) is 25.0 Å². The summed E-state index contributed by atoms with van der Waals surface area (Å²) in [7, 11) is 0. The fourth-order valence-corrected chi connectivity index (χ4v) is 1.72. The van der Waals surface area contributed by atoms with E-state index in [0.29, 0.717) is 17.7 Å². The number of aliphatic hydroxyl groups excluding tert-OH is 1. The fourth-order valence-electron chi connectivity index (χ4n) is 1.72. The maximum absolute atomic E-state index is 10.5. The SMILES string of the molecule is C[C@@H]1CC(O)c2cc([N+](=O)[O-])ccc2O1. The van der Waals surface area contributed by atoms with Crippen LogP contribution in [-0.4, -0.2) is 16.1 Å². The van der Waals surface area contributed by atoms with E-state index in [4.69, 9.17) is 4.74 Å². The van der Waals surface area contributed by atoms with Crippen LogP contribution < -0.4 is 4.74 Å². The largest absolute Gasteiger partial charge is 0.490 e. The van der Waals surface area contributed by atoms with E-state index in [2.05, 4.69) is 0 Å². The van der Waals surface area contributed by atoms with Crippen LogP contribution in [0.2, 0.25) is 0 Å². The van der Waals surface area contributed by atoms with Gasteiger partial charge in [-0.05, 0) is 13.0 Å². The molecular formula is C10H11NO4. The van der Waals surface area contributed by atoms with E-state index in [9.17, 15) is 15.2 Å². The molecule has 1 aliphatic rings. The van der Waals surface area contributed by atoms with Crippen LogP contribution in [0.5, 0.6) is 5.75 Å². The molecule has 2 atom stereocenters. The van der Waals surface area contributed by atoms with Crippen molar-refractivity contribution < 1.29 is 14.8 Å². The topological polar surface area (TPSA) is 72.6 Å². The molecule has 0 saturated carbocycles. The predicted molar refractivity (Wildman–Crippen MR) is 52.8 cm³/mol. The maximum atomic E-state index is 10.5. The first kappa shape index (κ1) is 9.92. The van der Waals surface area contributed by atoms with E-state index in [-0.39, 0.29) is 11.8 Å². The number of hydrogen-bond donors (Lipinski definition) is 1. The van der Waals surface area contributed by atoms with Crippen molar-refractivity contribution in [3.8, 4) is 5.75 Å². The molecule has 5 nitrogen and oxygen atoms in total. The van der Waals surface area contributed by atoms with E-state index in [1.807, 2.05) is 6.92 Å². The first-order valence-corrected chi connectivity index (χ1v) is 4.71. The summed E-state index contributed by atoms with van der Waals surface area (Å²) in [6.45, 7) is 1.85. The second kappa shape index (κ2) is 3.51.